The minimum absolute atomic E-state index is 0.149. The first kappa shape index (κ1) is 21.3. The van der Waals surface area contributed by atoms with E-state index in [1.165, 1.54) is 22.5 Å². The molecule has 2 atom stereocenters. The number of hydrogen-bond acceptors (Lipinski definition) is 5. The van der Waals surface area contributed by atoms with Gasteiger partial charge in [-0.05, 0) is 62.2 Å². The first-order valence-corrected chi connectivity index (χ1v) is 11.3. The summed E-state index contributed by atoms with van der Waals surface area (Å²) in [5.41, 5.74) is 2.24. The van der Waals surface area contributed by atoms with Crippen molar-refractivity contribution in [3.05, 3.63) is 50.7 Å². The van der Waals surface area contributed by atoms with E-state index in [0.717, 1.165) is 25.1 Å². The van der Waals surface area contributed by atoms with Crippen LogP contribution in [0.2, 0.25) is 4.34 Å². The Bertz CT molecular complexity index is 955. The van der Waals surface area contributed by atoms with Crippen LogP contribution in [-0.4, -0.2) is 55.1 Å². The molecule has 1 aromatic carbocycles. The van der Waals surface area contributed by atoms with Gasteiger partial charge in [-0.1, -0.05) is 17.7 Å². The summed E-state index contributed by atoms with van der Waals surface area (Å²) < 4.78 is 6.02. The average molecular weight is 448 g/mol. The lowest BCUT2D eigenvalue weighted by Gasteiger charge is -2.27. The highest BCUT2D eigenvalue weighted by Gasteiger charge is 2.44. The molecule has 0 aliphatic carbocycles. The average Bonchev–Trinajstić information content (AvgIpc) is 3.34. The van der Waals surface area contributed by atoms with Crippen LogP contribution >= 0.6 is 22.9 Å². The molecule has 4 rings (SSSR count). The largest absolute Gasteiger partial charge is 0.378 e. The van der Waals surface area contributed by atoms with Gasteiger partial charge in [0.1, 0.15) is 5.54 Å². The van der Waals surface area contributed by atoms with E-state index >= 15 is 0 Å². The molecule has 2 N–H and O–H groups in total. The van der Waals surface area contributed by atoms with Gasteiger partial charge in [-0.15, -0.1) is 11.3 Å². The highest BCUT2D eigenvalue weighted by Crippen LogP contribution is 2.27. The van der Waals surface area contributed by atoms with Crippen molar-refractivity contribution >= 4 is 40.4 Å². The van der Waals surface area contributed by atoms with Gasteiger partial charge in [0.05, 0.1) is 15.8 Å². The highest BCUT2D eigenvalue weighted by atomic mass is 35.5. The van der Waals surface area contributed by atoms with Gasteiger partial charge in [-0.3, -0.25) is 9.59 Å². The quantitative estimate of drug-likeness (QED) is 0.754. The maximum absolute atomic E-state index is 13.2. The van der Waals surface area contributed by atoms with Gasteiger partial charge < -0.3 is 20.3 Å². The van der Waals surface area contributed by atoms with E-state index < -0.39 is 5.54 Å². The van der Waals surface area contributed by atoms with E-state index in [9.17, 15) is 9.59 Å². The fourth-order valence-corrected chi connectivity index (χ4v) is 4.93. The smallest absolute Gasteiger partial charge is 0.262 e. The van der Waals surface area contributed by atoms with Crippen LogP contribution in [0.3, 0.4) is 0 Å². The van der Waals surface area contributed by atoms with E-state index in [0.29, 0.717) is 28.3 Å². The molecule has 0 bridgehead atoms. The van der Waals surface area contributed by atoms with Gasteiger partial charge in [0.15, 0.2) is 0 Å². The van der Waals surface area contributed by atoms with Crippen molar-refractivity contribution in [2.24, 2.45) is 0 Å². The number of carbonyl (C=O) groups is 2. The molecular formula is C22H26ClN3O3S. The second-order valence-corrected chi connectivity index (χ2v) is 9.88. The number of rotatable bonds is 4. The minimum Gasteiger partial charge on any atom is -0.378 e. The van der Waals surface area contributed by atoms with Crippen molar-refractivity contribution in [1.82, 2.24) is 10.2 Å². The number of likely N-dealkylation sites (N-methyl/N-ethyl adjacent to an activating group) is 1. The monoisotopic (exact) mass is 447 g/mol. The van der Waals surface area contributed by atoms with Crippen molar-refractivity contribution in [3.63, 3.8) is 0 Å². The summed E-state index contributed by atoms with van der Waals surface area (Å²) in [4.78, 5) is 28.7. The molecule has 8 heteroatoms. The Morgan fingerprint density at radius 1 is 1.27 bits per heavy atom. The number of amides is 2. The van der Waals surface area contributed by atoms with Crippen molar-refractivity contribution in [2.75, 3.05) is 32.1 Å². The second-order valence-electron chi connectivity index (χ2n) is 8.16. The summed E-state index contributed by atoms with van der Waals surface area (Å²) in [7, 11) is 2.15. The Labute approximate surface area is 185 Å². The summed E-state index contributed by atoms with van der Waals surface area (Å²) in [6.07, 6.45) is 2.37. The third kappa shape index (κ3) is 4.39. The van der Waals surface area contributed by atoms with Crippen LogP contribution < -0.4 is 10.6 Å². The molecule has 2 aliphatic heterocycles. The van der Waals surface area contributed by atoms with Gasteiger partial charge >= 0.3 is 0 Å². The first-order chi connectivity index (χ1) is 14.4. The van der Waals surface area contributed by atoms with Crippen molar-refractivity contribution in [3.8, 4) is 0 Å². The Morgan fingerprint density at radius 3 is 2.80 bits per heavy atom. The summed E-state index contributed by atoms with van der Waals surface area (Å²) in [5.74, 6) is -0.568. The van der Waals surface area contributed by atoms with Crippen LogP contribution in [0.15, 0.2) is 30.3 Å². The van der Waals surface area contributed by atoms with E-state index in [-0.39, 0.29) is 18.4 Å². The van der Waals surface area contributed by atoms with Crippen molar-refractivity contribution in [1.29, 1.82) is 0 Å². The first-order valence-electron chi connectivity index (χ1n) is 10.2. The molecule has 1 fully saturated rings. The third-order valence-electron chi connectivity index (χ3n) is 6.07. The molecule has 0 unspecified atom stereocenters. The molecule has 2 amide bonds. The Morgan fingerprint density at radius 2 is 2.10 bits per heavy atom. The molecule has 6 nitrogen and oxygen atoms in total. The predicted molar refractivity (Wildman–Crippen MR) is 120 cm³/mol. The van der Waals surface area contributed by atoms with E-state index in [1.807, 2.05) is 6.07 Å². The Hall–Kier alpha value is -1.93. The summed E-state index contributed by atoms with van der Waals surface area (Å²) >= 11 is 7.13. The van der Waals surface area contributed by atoms with Crippen molar-refractivity contribution in [2.45, 2.75) is 37.8 Å². The van der Waals surface area contributed by atoms with Crippen molar-refractivity contribution < 1.29 is 14.3 Å². The SMILES string of the molecule is C[C@@H]1Cc2cc(NC(=O)[C@]3(NC(=O)c4ccc(Cl)s4)CCOC3)ccc2CCN1C. The van der Waals surface area contributed by atoms with Crippen LogP contribution in [0.1, 0.15) is 34.1 Å². The van der Waals surface area contributed by atoms with Crippen LogP contribution in [0.5, 0.6) is 0 Å². The maximum atomic E-state index is 13.2. The number of nitrogens with zero attached hydrogens (tertiary/aromatic N) is 1. The topological polar surface area (TPSA) is 70.7 Å². The van der Waals surface area contributed by atoms with E-state index in [4.69, 9.17) is 16.3 Å². The molecule has 0 saturated carbocycles. The minimum atomic E-state index is -1.09. The predicted octanol–water partition coefficient (Wildman–Crippen LogP) is 3.35. The van der Waals surface area contributed by atoms with Gasteiger partial charge in [-0.25, -0.2) is 0 Å². The van der Waals surface area contributed by atoms with Gasteiger partial charge in [0.2, 0.25) is 0 Å². The number of anilines is 1. The molecule has 2 aliphatic rings. The molecule has 0 spiro atoms. The number of hydrogen-bond donors (Lipinski definition) is 2. The lowest BCUT2D eigenvalue weighted by molar-refractivity contribution is -0.122. The number of nitrogens with one attached hydrogen (secondary N) is 2. The maximum Gasteiger partial charge on any atom is 0.262 e. The summed E-state index contributed by atoms with van der Waals surface area (Å²) in [5, 5.41) is 5.91. The van der Waals surface area contributed by atoms with Gasteiger partial charge in [0, 0.05) is 31.3 Å². The van der Waals surface area contributed by atoms with Crippen LogP contribution in [-0.2, 0) is 22.4 Å². The number of ether oxygens (including phenoxy) is 1. The zero-order chi connectivity index (χ0) is 21.3. The zero-order valence-corrected chi connectivity index (χ0v) is 18.7. The number of benzene rings is 1. The molecule has 1 saturated heterocycles. The van der Waals surface area contributed by atoms with Crippen LogP contribution in [0.25, 0.3) is 0 Å². The second kappa shape index (κ2) is 8.67. The van der Waals surface area contributed by atoms with E-state index in [1.54, 1.807) is 12.1 Å². The fraction of sp³-hybridized carbons (Fsp3) is 0.455. The number of halogens is 1. The molecule has 2 aromatic rings. The highest BCUT2D eigenvalue weighted by molar-refractivity contribution is 7.18. The van der Waals surface area contributed by atoms with Crippen LogP contribution in [0, 0.1) is 0 Å². The summed E-state index contributed by atoms with van der Waals surface area (Å²) in [6.45, 7) is 3.82. The summed E-state index contributed by atoms with van der Waals surface area (Å²) in [6, 6.07) is 9.89. The number of carbonyl (C=O) groups excluding carboxylic acids is 2. The number of fused-ring (bicyclic) bond motifs is 1. The molecule has 160 valence electrons. The third-order valence-corrected chi connectivity index (χ3v) is 7.30. The molecule has 1 aromatic heterocycles. The Balaban J connectivity index is 1.51. The Kier molecular flexibility index (Phi) is 6.16. The van der Waals surface area contributed by atoms with Gasteiger partial charge in [0.25, 0.3) is 11.8 Å². The zero-order valence-electron chi connectivity index (χ0n) is 17.2. The lowest BCUT2D eigenvalue weighted by Crippen LogP contribution is -2.57. The normalized spacial score (nSPS) is 24.2. The molecule has 0 radical (unpaired) electrons. The fourth-order valence-electron chi connectivity index (χ4n) is 3.99. The van der Waals surface area contributed by atoms with Gasteiger partial charge in [-0.2, -0.15) is 0 Å². The molecule has 3 heterocycles. The number of thiophene rings is 1. The molecular weight excluding hydrogens is 422 g/mol. The molecule has 30 heavy (non-hydrogen) atoms. The van der Waals surface area contributed by atoms with Crippen LogP contribution in [0.4, 0.5) is 5.69 Å². The van der Waals surface area contributed by atoms with E-state index in [2.05, 4.69) is 41.6 Å². The standard InChI is InChI=1S/C22H26ClN3O3S/c1-14-11-16-12-17(4-3-15(16)7-9-26(14)2)24-21(28)22(8-10-29-13-22)25-20(27)18-5-6-19(23)30-18/h3-6,12,14H,7-11,13H2,1-2H3,(H,24,28)(H,25,27)/t14-,22+/m1/s1. The lowest BCUT2D eigenvalue weighted by atomic mass is 9.96.